The Kier molecular flexibility index (Phi) is 3.93. The van der Waals surface area contributed by atoms with Gasteiger partial charge in [-0.15, -0.1) is 0 Å². The van der Waals surface area contributed by atoms with E-state index in [9.17, 15) is 4.39 Å². The predicted octanol–water partition coefficient (Wildman–Crippen LogP) is 4.15. The lowest BCUT2D eigenvalue weighted by Gasteiger charge is -2.13. The quantitative estimate of drug-likeness (QED) is 0.776. The molecule has 1 heterocycles. The van der Waals surface area contributed by atoms with Crippen LogP contribution in [0.25, 0.3) is 21.9 Å². The molecular weight excluding hydrogens is 263 g/mol. The maximum absolute atomic E-state index is 13.6. The fourth-order valence-electron chi connectivity index (χ4n) is 2.59. The highest BCUT2D eigenvalue weighted by molar-refractivity contribution is 5.96. The van der Waals surface area contributed by atoms with Crippen LogP contribution in [0.3, 0.4) is 0 Å². The van der Waals surface area contributed by atoms with Gasteiger partial charge in [0, 0.05) is 24.3 Å². The summed E-state index contributed by atoms with van der Waals surface area (Å²) < 4.78 is 13.6. The summed E-state index contributed by atoms with van der Waals surface area (Å²) in [5.41, 5.74) is 3.15. The molecular formula is C18H17FN2. The average molecular weight is 280 g/mol. The largest absolute Gasteiger partial charge is 0.313 e. The van der Waals surface area contributed by atoms with E-state index in [0.29, 0.717) is 6.54 Å². The first kappa shape index (κ1) is 13.7. The number of benzene rings is 2. The summed E-state index contributed by atoms with van der Waals surface area (Å²) in [6, 6.07) is 13.1. The van der Waals surface area contributed by atoms with E-state index in [-0.39, 0.29) is 5.82 Å². The lowest BCUT2D eigenvalue weighted by atomic mass is 9.95. The third kappa shape index (κ3) is 2.78. The van der Waals surface area contributed by atoms with Gasteiger partial charge in [0.05, 0.1) is 0 Å². The van der Waals surface area contributed by atoms with E-state index in [1.165, 1.54) is 6.07 Å². The SMILES string of the molecule is CCNCc1cc(F)ccc1-c1cccc2cnccc12. The van der Waals surface area contributed by atoms with Crippen LogP contribution in [0.4, 0.5) is 4.39 Å². The van der Waals surface area contributed by atoms with Crippen LogP contribution in [0.5, 0.6) is 0 Å². The molecule has 0 atom stereocenters. The number of nitrogens with one attached hydrogen (secondary N) is 1. The third-order valence-corrected chi connectivity index (χ3v) is 3.60. The Labute approximate surface area is 123 Å². The molecule has 0 aliphatic rings. The zero-order chi connectivity index (χ0) is 14.7. The zero-order valence-electron chi connectivity index (χ0n) is 11.9. The van der Waals surface area contributed by atoms with Gasteiger partial charge in [-0.1, -0.05) is 31.2 Å². The van der Waals surface area contributed by atoms with Crippen LogP contribution < -0.4 is 5.32 Å². The monoisotopic (exact) mass is 280 g/mol. The van der Waals surface area contributed by atoms with Crippen molar-refractivity contribution >= 4 is 10.8 Å². The normalized spacial score (nSPS) is 11.0. The molecule has 0 saturated carbocycles. The Morgan fingerprint density at radius 1 is 1.10 bits per heavy atom. The molecule has 106 valence electrons. The van der Waals surface area contributed by atoms with Gasteiger partial charge in [-0.3, -0.25) is 4.98 Å². The summed E-state index contributed by atoms with van der Waals surface area (Å²) in [4.78, 5) is 4.16. The molecule has 0 amide bonds. The zero-order valence-corrected chi connectivity index (χ0v) is 11.9. The molecule has 2 aromatic carbocycles. The summed E-state index contributed by atoms with van der Waals surface area (Å²) >= 11 is 0. The van der Waals surface area contributed by atoms with E-state index in [2.05, 4.69) is 16.4 Å². The molecule has 0 saturated heterocycles. The molecule has 21 heavy (non-hydrogen) atoms. The van der Waals surface area contributed by atoms with Crippen LogP contribution in [0.2, 0.25) is 0 Å². The minimum atomic E-state index is -0.200. The molecule has 0 bridgehead atoms. The molecule has 3 rings (SSSR count). The van der Waals surface area contributed by atoms with Crippen LogP contribution in [-0.4, -0.2) is 11.5 Å². The second-order valence-electron chi connectivity index (χ2n) is 4.98. The van der Waals surface area contributed by atoms with Crippen LogP contribution in [-0.2, 0) is 6.54 Å². The summed E-state index contributed by atoms with van der Waals surface area (Å²) in [5.74, 6) is -0.200. The molecule has 1 aromatic heterocycles. The summed E-state index contributed by atoms with van der Waals surface area (Å²) in [7, 11) is 0. The van der Waals surface area contributed by atoms with Crippen molar-refractivity contribution in [1.82, 2.24) is 10.3 Å². The second-order valence-corrected chi connectivity index (χ2v) is 4.98. The molecule has 0 fully saturated rings. The van der Waals surface area contributed by atoms with Crippen LogP contribution in [0.15, 0.2) is 54.9 Å². The first-order chi connectivity index (χ1) is 10.3. The van der Waals surface area contributed by atoms with E-state index in [1.807, 2.05) is 37.4 Å². The van der Waals surface area contributed by atoms with Gasteiger partial charge in [0.1, 0.15) is 5.82 Å². The van der Waals surface area contributed by atoms with Crippen molar-refractivity contribution in [2.75, 3.05) is 6.54 Å². The number of hydrogen-bond acceptors (Lipinski definition) is 2. The molecule has 0 unspecified atom stereocenters. The lowest BCUT2D eigenvalue weighted by molar-refractivity contribution is 0.622. The predicted molar refractivity (Wildman–Crippen MR) is 84.5 cm³/mol. The first-order valence-electron chi connectivity index (χ1n) is 7.12. The number of fused-ring (bicyclic) bond motifs is 1. The summed E-state index contributed by atoms with van der Waals surface area (Å²) in [6.45, 7) is 3.56. The van der Waals surface area contributed by atoms with Crippen molar-refractivity contribution in [2.45, 2.75) is 13.5 Å². The van der Waals surface area contributed by atoms with Gasteiger partial charge in [-0.05, 0) is 46.8 Å². The van der Waals surface area contributed by atoms with E-state index >= 15 is 0 Å². The number of rotatable bonds is 4. The molecule has 2 nitrogen and oxygen atoms in total. The van der Waals surface area contributed by atoms with Gasteiger partial charge in [-0.25, -0.2) is 4.39 Å². The van der Waals surface area contributed by atoms with Crippen molar-refractivity contribution in [3.8, 4) is 11.1 Å². The molecule has 3 heteroatoms. The van der Waals surface area contributed by atoms with Crippen molar-refractivity contribution in [2.24, 2.45) is 0 Å². The number of nitrogens with zero attached hydrogens (tertiary/aromatic N) is 1. The van der Waals surface area contributed by atoms with Crippen molar-refractivity contribution < 1.29 is 4.39 Å². The van der Waals surface area contributed by atoms with Crippen molar-refractivity contribution in [1.29, 1.82) is 0 Å². The van der Waals surface area contributed by atoms with E-state index in [4.69, 9.17) is 0 Å². The standard InChI is InChI=1S/C18H17FN2/c1-2-20-12-14-10-15(19)6-7-16(14)18-5-3-4-13-11-21-9-8-17(13)18/h3-11,20H,2,12H2,1H3. The molecule has 0 spiro atoms. The number of halogens is 1. The van der Waals surface area contributed by atoms with E-state index in [0.717, 1.165) is 34.0 Å². The van der Waals surface area contributed by atoms with Crippen molar-refractivity contribution in [3.63, 3.8) is 0 Å². The molecule has 0 radical (unpaired) electrons. The smallest absolute Gasteiger partial charge is 0.123 e. The highest BCUT2D eigenvalue weighted by atomic mass is 19.1. The minimum Gasteiger partial charge on any atom is -0.313 e. The van der Waals surface area contributed by atoms with Gasteiger partial charge in [0.15, 0.2) is 0 Å². The maximum Gasteiger partial charge on any atom is 0.123 e. The van der Waals surface area contributed by atoms with E-state index in [1.54, 1.807) is 12.3 Å². The van der Waals surface area contributed by atoms with Gasteiger partial charge in [0.2, 0.25) is 0 Å². The number of hydrogen-bond donors (Lipinski definition) is 1. The van der Waals surface area contributed by atoms with Gasteiger partial charge in [-0.2, -0.15) is 0 Å². The Hall–Kier alpha value is -2.26. The Bertz CT molecular complexity index is 763. The van der Waals surface area contributed by atoms with Crippen LogP contribution in [0.1, 0.15) is 12.5 Å². The Morgan fingerprint density at radius 3 is 2.86 bits per heavy atom. The van der Waals surface area contributed by atoms with Crippen molar-refractivity contribution in [3.05, 3.63) is 66.2 Å². The number of aromatic nitrogens is 1. The van der Waals surface area contributed by atoms with Crippen LogP contribution in [0, 0.1) is 5.82 Å². The number of pyridine rings is 1. The van der Waals surface area contributed by atoms with Crippen LogP contribution >= 0.6 is 0 Å². The molecule has 1 N–H and O–H groups in total. The van der Waals surface area contributed by atoms with Gasteiger partial charge < -0.3 is 5.32 Å². The second kappa shape index (κ2) is 6.02. The molecule has 3 aromatic rings. The maximum atomic E-state index is 13.6. The highest BCUT2D eigenvalue weighted by Crippen LogP contribution is 2.31. The van der Waals surface area contributed by atoms with Gasteiger partial charge >= 0.3 is 0 Å². The summed E-state index contributed by atoms with van der Waals surface area (Å²) in [5, 5.41) is 5.50. The van der Waals surface area contributed by atoms with E-state index < -0.39 is 0 Å². The summed E-state index contributed by atoms with van der Waals surface area (Å²) in [6.07, 6.45) is 3.64. The highest BCUT2D eigenvalue weighted by Gasteiger charge is 2.09. The lowest BCUT2D eigenvalue weighted by Crippen LogP contribution is -2.12. The Morgan fingerprint density at radius 2 is 2.00 bits per heavy atom. The Balaban J connectivity index is 2.18. The molecule has 0 aliphatic heterocycles. The third-order valence-electron chi connectivity index (χ3n) is 3.60. The fourth-order valence-corrected chi connectivity index (χ4v) is 2.59. The topological polar surface area (TPSA) is 24.9 Å². The first-order valence-corrected chi connectivity index (χ1v) is 7.12. The average Bonchev–Trinajstić information content (AvgIpc) is 2.52. The van der Waals surface area contributed by atoms with Gasteiger partial charge in [0.25, 0.3) is 0 Å². The minimum absolute atomic E-state index is 0.200. The fraction of sp³-hybridized carbons (Fsp3) is 0.167. The molecule has 0 aliphatic carbocycles.